The molecule has 104 valence electrons. The lowest BCUT2D eigenvalue weighted by molar-refractivity contribution is 0.416. The number of halogens is 1. The predicted molar refractivity (Wildman–Crippen MR) is 79.0 cm³/mol. The van der Waals surface area contributed by atoms with Crippen molar-refractivity contribution in [2.45, 2.75) is 57.4 Å². The average molecular weight is 280 g/mol. The van der Waals surface area contributed by atoms with Gasteiger partial charge in [-0.1, -0.05) is 19.3 Å². The number of aromatic nitrogens is 2. The molecule has 3 nitrogen and oxygen atoms in total. The Kier molecular flexibility index (Phi) is 4.21. The van der Waals surface area contributed by atoms with Crippen molar-refractivity contribution >= 4 is 17.4 Å². The van der Waals surface area contributed by atoms with E-state index >= 15 is 0 Å². The molecule has 19 heavy (non-hydrogen) atoms. The summed E-state index contributed by atoms with van der Waals surface area (Å²) in [5, 5.41) is 0. The van der Waals surface area contributed by atoms with E-state index < -0.39 is 0 Å². The van der Waals surface area contributed by atoms with Crippen LogP contribution in [0.25, 0.3) is 0 Å². The highest BCUT2D eigenvalue weighted by atomic mass is 35.5. The smallest absolute Gasteiger partial charge is 0.135 e. The second kappa shape index (κ2) is 6.08. The molecule has 0 amide bonds. The molecule has 0 unspecified atom stereocenters. The van der Waals surface area contributed by atoms with Gasteiger partial charge >= 0.3 is 0 Å². The maximum Gasteiger partial charge on any atom is 0.135 e. The summed E-state index contributed by atoms with van der Waals surface area (Å²) in [7, 11) is 0. The Bertz CT molecular complexity index is 429. The molecule has 2 aliphatic rings. The molecule has 2 aliphatic carbocycles. The van der Waals surface area contributed by atoms with Gasteiger partial charge in [-0.3, -0.25) is 0 Å². The topological polar surface area (TPSA) is 29.0 Å². The Morgan fingerprint density at radius 1 is 1.11 bits per heavy atom. The van der Waals surface area contributed by atoms with E-state index in [0.717, 1.165) is 19.4 Å². The quantitative estimate of drug-likeness (QED) is 0.792. The Morgan fingerprint density at radius 2 is 1.95 bits per heavy atom. The molecule has 0 N–H and O–H groups in total. The van der Waals surface area contributed by atoms with Gasteiger partial charge in [-0.05, 0) is 32.1 Å². The molecule has 1 aromatic rings. The van der Waals surface area contributed by atoms with Crippen LogP contribution in [0.15, 0.2) is 6.33 Å². The van der Waals surface area contributed by atoms with Crippen molar-refractivity contribution in [3.05, 3.63) is 17.6 Å². The molecule has 0 atom stereocenters. The van der Waals surface area contributed by atoms with Crippen molar-refractivity contribution in [3.8, 4) is 0 Å². The zero-order chi connectivity index (χ0) is 13.1. The first-order chi connectivity index (χ1) is 9.40. The second-order valence-electron chi connectivity index (χ2n) is 5.65. The number of anilines is 1. The summed E-state index contributed by atoms with van der Waals surface area (Å²) in [4.78, 5) is 11.5. The van der Waals surface area contributed by atoms with Gasteiger partial charge in [0.25, 0.3) is 0 Å². The zero-order valence-corrected chi connectivity index (χ0v) is 12.2. The number of hydrogen-bond donors (Lipinski definition) is 0. The van der Waals surface area contributed by atoms with E-state index in [9.17, 15) is 0 Å². The highest BCUT2D eigenvalue weighted by Crippen LogP contribution is 2.32. The monoisotopic (exact) mass is 279 g/mol. The van der Waals surface area contributed by atoms with E-state index in [4.69, 9.17) is 11.6 Å². The largest absolute Gasteiger partial charge is 0.352 e. The molecule has 1 saturated carbocycles. The minimum absolute atomic E-state index is 0.632. The molecular weight excluding hydrogens is 258 g/mol. The van der Waals surface area contributed by atoms with Crippen LogP contribution in [-0.4, -0.2) is 28.4 Å². The maximum absolute atomic E-state index is 6.03. The Balaban J connectivity index is 1.89. The van der Waals surface area contributed by atoms with Crippen LogP contribution in [0.2, 0.25) is 0 Å². The van der Waals surface area contributed by atoms with Gasteiger partial charge in [0.2, 0.25) is 0 Å². The van der Waals surface area contributed by atoms with Crippen molar-refractivity contribution in [3.63, 3.8) is 0 Å². The van der Waals surface area contributed by atoms with Crippen molar-refractivity contribution < 1.29 is 0 Å². The van der Waals surface area contributed by atoms with Crippen LogP contribution in [0.4, 0.5) is 5.82 Å². The number of hydrogen-bond acceptors (Lipinski definition) is 3. The van der Waals surface area contributed by atoms with E-state index in [2.05, 4.69) is 14.9 Å². The number of nitrogens with zero attached hydrogens (tertiary/aromatic N) is 3. The Hall–Kier alpha value is -0.830. The molecular formula is C15H22ClN3. The molecule has 3 rings (SSSR count). The molecule has 0 aliphatic heterocycles. The minimum atomic E-state index is 0.632. The summed E-state index contributed by atoms with van der Waals surface area (Å²) in [6.07, 6.45) is 11.9. The number of fused-ring (bicyclic) bond motifs is 1. The summed E-state index contributed by atoms with van der Waals surface area (Å²) < 4.78 is 0. The lowest BCUT2D eigenvalue weighted by Gasteiger charge is -2.35. The average Bonchev–Trinajstić information content (AvgIpc) is 2.94. The fraction of sp³-hybridized carbons (Fsp3) is 0.733. The van der Waals surface area contributed by atoms with Crippen LogP contribution >= 0.6 is 11.6 Å². The molecule has 1 aromatic heterocycles. The number of aryl methyl sites for hydroxylation is 1. The van der Waals surface area contributed by atoms with E-state index in [1.807, 2.05) is 0 Å². The molecule has 1 heterocycles. The SMILES string of the molecule is ClCCN(c1ncnc2c1CCC2)C1CCCCC1. The van der Waals surface area contributed by atoms with Crippen LogP contribution in [0.3, 0.4) is 0 Å². The van der Waals surface area contributed by atoms with E-state index in [0.29, 0.717) is 11.9 Å². The lowest BCUT2D eigenvalue weighted by Crippen LogP contribution is -2.39. The van der Waals surface area contributed by atoms with Crippen LogP contribution in [0.5, 0.6) is 0 Å². The van der Waals surface area contributed by atoms with E-state index in [1.54, 1.807) is 6.33 Å². The summed E-state index contributed by atoms with van der Waals surface area (Å²) in [5.74, 6) is 1.85. The first-order valence-electron chi connectivity index (χ1n) is 7.55. The third kappa shape index (κ3) is 2.71. The van der Waals surface area contributed by atoms with Crippen LogP contribution in [0.1, 0.15) is 49.8 Å². The van der Waals surface area contributed by atoms with Crippen molar-refractivity contribution in [1.29, 1.82) is 0 Å². The van der Waals surface area contributed by atoms with Crippen molar-refractivity contribution in [2.24, 2.45) is 0 Å². The maximum atomic E-state index is 6.03. The third-order valence-electron chi connectivity index (χ3n) is 4.47. The van der Waals surface area contributed by atoms with Gasteiger partial charge in [0.1, 0.15) is 12.1 Å². The minimum Gasteiger partial charge on any atom is -0.352 e. The van der Waals surface area contributed by atoms with Gasteiger partial charge < -0.3 is 4.90 Å². The lowest BCUT2D eigenvalue weighted by atomic mass is 9.94. The number of rotatable bonds is 4. The van der Waals surface area contributed by atoms with Crippen molar-refractivity contribution in [2.75, 3.05) is 17.3 Å². The Labute approximate surface area is 120 Å². The summed E-state index contributed by atoms with van der Waals surface area (Å²) in [6.45, 7) is 0.912. The van der Waals surface area contributed by atoms with E-state index in [-0.39, 0.29) is 0 Å². The first-order valence-corrected chi connectivity index (χ1v) is 8.09. The van der Waals surface area contributed by atoms with Gasteiger partial charge in [-0.2, -0.15) is 0 Å². The van der Waals surface area contributed by atoms with Gasteiger partial charge in [-0.15, -0.1) is 11.6 Å². The second-order valence-corrected chi connectivity index (χ2v) is 6.03. The fourth-order valence-corrected chi connectivity index (χ4v) is 3.72. The van der Waals surface area contributed by atoms with E-state index in [1.165, 1.54) is 55.6 Å². The standard InChI is InChI=1S/C15H22ClN3/c16-9-10-19(12-5-2-1-3-6-12)15-13-7-4-8-14(13)17-11-18-15/h11-12H,1-10H2. The van der Waals surface area contributed by atoms with Crippen molar-refractivity contribution in [1.82, 2.24) is 9.97 Å². The third-order valence-corrected chi connectivity index (χ3v) is 4.63. The molecule has 0 radical (unpaired) electrons. The molecule has 0 aromatic carbocycles. The Morgan fingerprint density at radius 3 is 2.74 bits per heavy atom. The summed E-state index contributed by atoms with van der Waals surface area (Å²) in [5.41, 5.74) is 2.65. The van der Waals surface area contributed by atoms with Crippen LogP contribution in [0, 0.1) is 0 Å². The molecule has 1 fully saturated rings. The van der Waals surface area contributed by atoms with Gasteiger partial charge in [0, 0.05) is 29.7 Å². The van der Waals surface area contributed by atoms with Gasteiger partial charge in [0.15, 0.2) is 0 Å². The first kappa shape index (κ1) is 13.2. The number of alkyl halides is 1. The summed E-state index contributed by atoms with van der Waals surface area (Å²) >= 11 is 6.03. The molecule has 4 heteroatoms. The molecule has 0 saturated heterocycles. The molecule has 0 spiro atoms. The van der Waals surface area contributed by atoms with Crippen LogP contribution in [-0.2, 0) is 12.8 Å². The highest BCUT2D eigenvalue weighted by Gasteiger charge is 2.26. The zero-order valence-electron chi connectivity index (χ0n) is 11.4. The van der Waals surface area contributed by atoms with Gasteiger partial charge in [-0.25, -0.2) is 9.97 Å². The normalized spacial score (nSPS) is 19.4. The summed E-state index contributed by atoms with van der Waals surface area (Å²) in [6, 6.07) is 0.632. The predicted octanol–water partition coefficient (Wildman–Crippen LogP) is 3.34. The fourth-order valence-electron chi connectivity index (χ4n) is 3.53. The molecule has 0 bridgehead atoms. The highest BCUT2D eigenvalue weighted by molar-refractivity contribution is 6.18. The van der Waals surface area contributed by atoms with Gasteiger partial charge in [0.05, 0.1) is 0 Å². The van der Waals surface area contributed by atoms with Crippen LogP contribution < -0.4 is 4.90 Å².